The number of carboxylic acid groups (broad SMARTS) is 2. The van der Waals surface area contributed by atoms with Gasteiger partial charge >= 0.3 is 195 Å². The molecule has 0 saturated heterocycles. The number of nitrogens with one attached hydrogen (secondary N) is 4. The van der Waals surface area contributed by atoms with Crippen LogP contribution in [0.15, 0.2) is 90.5 Å². The molecule has 4 aromatic carbocycles. The molecule has 72 heavy (non-hydrogen) atoms. The van der Waals surface area contributed by atoms with E-state index in [-0.39, 0.29) is 211 Å². The van der Waals surface area contributed by atoms with Gasteiger partial charge in [0, 0.05) is 32.3 Å². The number of urea groups is 1. The maximum atomic E-state index is 13.4. The fourth-order valence-electron chi connectivity index (χ4n) is 5.98. The van der Waals surface area contributed by atoms with Crippen LogP contribution < -0.4 is 209 Å². The predicted octanol–water partition coefficient (Wildman–Crippen LogP) is -18.2. The van der Waals surface area contributed by atoms with Gasteiger partial charge in [-0.3, -0.25) is 20.4 Å². The standard InChI is InChI=1S/C35H24N6O21S4.6Na/c42-29-21(33(46)47)9-17(11-25(29)65(57,58)59)38-40-27-23(63(51,52)53)7-13-5-15(1-3-19(13)31(27)44)36-35(50)37-16-2-4-20-14(6-16)8-24(64(54,55)56)28(32(20)45)41-39-18-10-22(34(48)49)30(43)26(12-18)66(60,61)62;;;;;;/h1-12,38-39,42-43H,(H,46,47)(H,48,49)(H2,36,37,50)(H,51,52,53)(H,54,55,56)(H,57,58,59)(H,60,61,62);;;;;;/q;6*+1/p-6/b40-27-,41-28+;;;;;;. The minimum atomic E-state index is -5.58. The van der Waals surface area contributed by atoms with Crippen LogP contribution in [0.25, 0.3) is 12.2 Å². The molecule has 0 spiro atoms. The van der Waals surface area contributed by atoms with E-state index in [2.05, 4.69) is 20.8 Å². The minimum absolute atomic E-state index is 0. The smallest absolute Gasteiger partial charge is 0.871 e. The Bertz CT molecular complexity index is 3310. The monoisotopic (exact) mass is 1120 g/mol. The summed E-state index contributed by atoms with van der Waals surface area (Å²) in [5, 5.41) is 54.5. The van der Waals surface area contributed by atoms with E-state index in [9.17, 15) is 96.3 Å². The molecule has 37 heteroatoms. The summed E-state index contributed by atoms with van der Waals surface area (Å²) in [6.45, 7) is 0. The van der Waals surface area contributed by atoms with Gasteiger partial charge in [-0.2, -0.15) is 10.2 Å². The van der Waals surface area contributed by atoms with E-state index in [4.69, 9.17) is 0 Å². The molecule has 0 saturated carbocycles. The average molecular weight is 1120 g/mol. The number of carboxylic acids is 2. The first-order valence-corrected chi connectivity index (χ1v) is 22.7. The second kappa shape index (κ2) is 26.9. The van der Waals surface area contributed by atoms with Crippen molar-refractivity contribution in [1.29, 1.82) is 0 Å². The van der Waals surface area contributed by atoms with Crippen molar-refractivity contribution in [1.82, 2.24) is 0 Å². The largest absolute Gasteiger partial charge is 1.00 e. The number of allylic oxidation sites excluding steroid dienone is 2. The molecule has 0 fully saturated rings. The van der Waals surface area contributed by atoms with Crippen molar-refractivity contribution in [2.45, 2.75) is 9.79 Å². The van der Waals surface area contributed by atoms with Crippen molar-refractivity contribution in [3.63, 3.8) is 0 Å². The number of fused-ring (bicyclic) bond motifs is 2. The van der Waals surface area contributed by atoms with Crippen LogP contribution in [0, 0.1) is 0 Å². The van der Waals surface area contributed by atoms with Gasteiger partial charge in [0.1, 0.15) is 51.9 Å². The first kappa shape index (κ1) is 70.1. The zero-order valence-electron chi connectivity index (χ0n) is 37.6. The van der Waals surface area contributed by atoms with E-state index in [0.29, 0.717) is 36.4 Å². The molecule has 2 aliphatic rings. The summed E-state index contributed by atoms with van der Waals surface area (Å²) in [4.78, 5) is 57.2. The van der Waals surface area contributed by atoms with Gasteiger partial charge in [0.15, 0.2) is 0 Å². The molecule has 2 amide bonds. The van der Waals surface area contributed by atoms with Gasteiger partial charge in [-0.25, -0.2) is 48.1 Å². The zero-order valence-corrected chi connectivity index (χ0v) is 52.9. The Hall–Kier alpha value is -1.91. The summed E-state index contributed by atoms with van der Waals surface area (Å²) in [6.07, 6.45) is 1.32. The number of Topliss-reactive ketones (excluding diaryl/α,β-unsaturated/α-hetero) is 2. The molecular weight excluding hydrogens is 1110 g/mol. The number of hydrogen-bond donors (Lipinski definition) is 6. The van der Waals surface area contributed by atoms with Crippen LogP contribution in [0.3, 0.4) is 0 Å². The summed E-state index contributed by atoms with van der Waals surface area (Å²) in [5.74, 6) is -9.82. The zero-order chi connectivity index (χ0) is 49.0. The third-order valence-corrected chi connectivity index (χ3v) is 12.2. The quantitative estimate of drug-likeness (QED) is 0.0436. The van der Waals surface area contributed by atoms with E-state index in [1.54, 1.807) is 0 Å². The van der Waals surface area contributed by atoms with Gasteiger partial charge in [-0.1, -0.05) is 11.5 Å². The first-order valence-electron chi connectivity index (χ1n) is 17.0. The van der Waals surface area contributed by atoms with E-state index in [0.717, 1.165) is 36.4 Å². The van der Waals surface area contributed by atoms with Gasteiger partial charge in [-0.15, -0.1) is 0 Å². The van der Waals surface area contributed by atoms with E-state index in [1.807, 2.05) is 10.9 Å². The molecule has 0 aromatic heterocycles. The number of aromatic carboxylic acids is 2. The normalized spacial score (nSPS) is 14.0. The van der Waals surface area contributed by atoms with Crippen molar-refractivity contribution < 1.29 is 274 Å². The molecule has 344 valence electrons. The summed E-state index contributed by atoms with van der Waals surface area (Å²) in [5.41, 5.74) is -3.73. The van der Waals surface area contributed by atoms with Crippen molar-refractivity contribution in [2.75, 3.05) is 21.5 Å². The molecule has 4 aromatic rings. The number of amides is 2. The molecule has 0 heterocycles. The Morgan fingerprint density at radius 2 is 0.792 bits per heavy atom. The summed E-state index contributed by atoms with van der Waals surface area (Å²) >= 11 is 0. The molecule has 0 bridgehead atoms. The second-order valence-corrected chi connectivity index (χ2v) is 18.5. The van der Waals surface area contributed by atoms with Gasteiger partial charge in [0.05, 0.1) is 32.3 Å². The number of ketones is 2. The summed E-state index contributed by atoms with van der Waals surface area (Å²) < 4.78 is 143. The van der Waals surface area contributed by atoms with Gasteiger partial charge < -0.3 is 49.3 Å². The fourth-order valence-corrected chi connectivity index (χ4v) is 8.49. The van der Waals surface area contributed by atoms with E-state index in [1.165, 1.54) is 0 Å². The number of rotatable bonds is 12. The van der Waals surface area contributed by atoms with E-state index >= 15 is 0 Å². The molecule has 6 N–H and O–H groups in total. The van der Waals surface area contributed by atoms with Gasteiger partial charge in [0.25, 0.3) is 0 Å². The number of hydrogen-bond acceptors (Lipinski definition) is 23. The molecular formula is C35H18N6Na6O21S4. The van der Waals surface area contributed by atoms with Crippen molar-refractivity contribution in [2.24, 2.45) is 10.2 Å². The van der Waals surface area contributed by atoms with Crippen LogP contribution >= 0.6 is 0 Å². The Balaban J connectivity index is 0.00000840. The number of carbonyl (C=O) groups excluding carboxylic acids is 3. The number of carbonyl (C=O) groups is 5. The minimum Gasteiger partial charge on any atom is -0.871 e. The van der Waals surface area contributed by atoms with Crippen LogP contribution in [0.2, 0.25) is 0 Å². The summed E-state index contributed by atoms with van der Waals surface area (Å²) in [7, 11) is -22.3. The third kappa shape index (κ3) is 16.1. The van der Waals surface area contributed by atoms with Crippen LogP contribution in [-0.4, -0.2) is 103 Å². The van der Waals surface area contributed by atoms with Crippen LogP contribution in [0.4, 0.5) is 27.5 Å². The molecule has 0 radical (unpaired) electrons. The van der Waals surface area contributed by atoms with Crippen LogP contribution in [0.5, 0.6) is 11.5 Å². The van der Waals surface area contributed by atoms with Crippen molar-refractivity contribution in [3.05, 3.63) is 104 Å². The maximum absolute atomic E-state index is 13.4. The van der Waals surface area contributed by atoms with Crippen LogP contribution in [0.1, 0.15) is 52.6 Å². The Morgan fingerprint density at radius 1 is 0.472 bits per heavy atom. The second-order valence-electron chi connectivity index (χ2n) is 13.1. The summed E-state index contributed by atoms with van der Waals surface area (Å²) in [6, 6.07) is 6.98. The third-order valence-electron chi connectivity index (χ3n) is 8.82. The number of nitrogens with zero attached hydrogens (tertiary/aromatic N) is 2. The fraction of sp³-hybridized carbons (Fsp3) is 0. The maximum Gasteiger partial charge on any atom is 1.00 e. The Morgan fingerprint density at radius 3 is 1.07 bits per heavy atom. The Kier molecular flexibility index (Phi) is 26.2. The van der Waals surface area contributed by atoms with Gasteiger partial charge in [-0.05, 0) is 83.9 Å². The molecule has 2 aliphatic carbocycles. The average Bonchev–Trinajstić information content (AvgIpc) is 3.18. The van der Waals surface area contributed by atoms with Gasteiger partial charge in [0.2, 0.25) is 11.6 Å². The van der Waals surface area contributed by atoms with E-state index < -0.39 is 135 Å². The molecule has 0 aliphatic heterocycles. The number of anilines is 4. The number of hydrazone groups is 2. The Labute approximate surface area is 538 Å². The molecule has 0 atom stereocenters. The van der Waals surface area contributed by atoms with Crippen molar-refractivity contribution >= 4 is 116 Å². The molecule has 6 rings (SSSR count). The SMILES string of the molecule is O=C(Nc1ccc2c(c1)C=C(S(=O)(=O)[O-])/C(=N\Nc1cc(C(=O)O)c([O-])c(S(=O)(=O)[O-])c1)C2=O)Nc1ccc2c(c1)C=C(S(=O)(=O)[O-])/C(=N/Nc1cc(C(=O)O)c([O-])c(S(=O)(=O)[O-])c1)C2=O.[Na+].[Na+].[Na+].[Na+].[Na+].[Na+]. The van der Waals surface area contributed by atoms with Crippen molar-refractivity contribution in [3.8, 4) is 11.5 Å². The number of benzene rings is 4. The molecule has 0 unspecified atom stereocenters. The first-order chi connectivity index (χ1) is 30.4. The topological polar surface area (TPSA) is 474 Å². The van der Waals surface area contributed by atoms with Crippen LogP contribution in [-0.2, 0) is 40.5 Å². The molecule has 27 nitrogen and oxygen atoms in total. The predicted molar refractivity (Wildman–Crippen MR) is 213 cm³/mol.